The number of carboxylic acid groups (broad SMARTS) is 1. The summed E-state index contributed by atoms with van der Waals surface area (Å²) in [6.45, 7) is 0.306. The number of nitrogens with zero attached hydrogens (tertiary/aromatic N) is 2. The number of amides is 1. The maximum atomic E-state index is 13.3. The van der Waals surface area contributed by atoms with Gasteiger partial charge in [0.2, 0.25) is 0 Å². The third-order valence-electron chi connectivity index (χ3n) is 4.60. The fourth-order valence-corrected chi connectivity index (χ4v) is 4.54. The number of carboxylic acids is 1. The molecule has 5 nitrogen and oxygen atoms in total. The molecule has 1 fully saturated rings. The first-order valence-corrected chi connectivity index (χ1v) is 11.3. The monoisotopic (exact) mass is 540 g/mol. The lowest BCUT2D eigenvalue weighted by molar-refractivity contribution is -0.122. The van der Waals surface area contributed by atoms with Crippen molar-refractivity contribution < 1.29 is 14.7 Å². The Kier molecular flexibility index (Phi) is 6.53. The van der Waals surface area contributed by atoms with Crippen LogP contribution < -0.4 is 0 Å². The lowest BCUT2D eigenvalue weighted by atomic mass is 10.1. The average Bonchev–Trinajstić information content (AvgIpc) is 3.05. The quantitative estimate of drug-likeness (QED) is 0.329. The van der Waals surface area contributed by atoms with Crippen molar-refractivity contribution in [2.24, 2.45) is 4.99 Å². The molecule has 0 aromatic heterocycles. The van der Waals surface area contributed by atoms with Crippen molar-refractivity contribution in [3.63, 3.8) is 0 Å². The number of aromatic carboxylic acids is 1. The molecule has 1 N–H and O–H groups in total. The van der Waals surface area contributed by atoms with Crippen LogP contribution in [0.4, 0.5) is 5.69 Å². The number of carbonyl (C=O) groups is 2. The van der Waals surface area contributed by atoms with Gasteiger partial charge in [-0.3, -0.25) is 9.69 Å². The first-order chi connectivity index (χ1) is 15.0. The van der Waals surface area contributed by atoms with Crippen molar-refractivity contribution in [3.05, 3.63) is 104 Å². The van der Waals surface area contributed by atoms with Gasteiger partial charge in [0.1, 0.15) is 0 Å². The van der Waals surface area contributed by atoms with E-state index in [4.69, 9.17) is 10.1 Å². The summed E-state index contributed by atoms with van der Waals surface area (Å²) in [5.74, 6) is -1.10. The van der Waals surface area contributed by atoms with Gasteiger partial charge in [-0.15, -0.1) is 0 Å². The summed E-state index contributed by atoms with van der Waals surface area (Å²) in [4.78, 5) is 31.3. The molecule has 0 bridgehead atoms. The lowest BCUT2D eigenvalue weighted by Gasteiger charge is -2.16. The summed E-state index contributed by atoms with van der Waals surface area (Å²) in [5.41, 5.74) is 2.78. The minimum Gasteiger partial charge on any atom is -0.478 e. The Hall–Kier alpha value is -2.91. The van der Waals surface area contributed by atoms with Gasteiger partial charge in [0.15, 0.2) is 5.17 Å². The number of thioether (sulfide) groups is 1. The van der Waals surface area contributed by atoms with Crippen molar-refractivity contribution in [2.45, 2.75) is 6.54 Å². The fraction of sp³-hybridized carbons (Fsp3) is 0.0417. The molecule has 0 radical (unpaired) electrons. The SMILES string of the molecule is O=C(O)c1ccc(CN2C(=O)/C(=C/c3ccccc3I)SC2=Nc2ccccc2)cc1. The number of aliphatic imine (C=N–C) groups is 1. The van der Waals surface area contributed by atoms with E-state index < -0.39 is 5.97 Å². The van der Waals surface area contributed by atoms with E-state index in [0.29, 0.717) is 16.6 Å². The second kappa shape index (κ2) is 9.49. The number of rotatable bonds is 5. The van der Waals surface area contributed by atoms with Gasteiger partial charge >= 0.3 is 5.97 Å². The molecule has 1 aliphatic heterocycles. The van der Waals surface area contributed by atoms with E-state index in [0.717, 1.165) is 20.4 Å². The molecule has 0 aliphatic carbocycles. The van der Waals surface area contributed by atoms with Crippen molar-refractivity contribution in [3.8, 4) is 0 Å². The lowest BCUT2D eigenvalue weighted by Crippen LogP contribution is -2.28. The predicted octanol–water partition coefficient (Wildman–Crippen LogP) is 5.79. The van der Waals surface area contributed by atoms with Gasteiger partial charge in [-0.25, -0.2) is 9.79 Å². The largest absolute Gasteiger partial charge is 0.478 e. The molecule has 0 atom stereocenters. The number of amidine groups is 1. The molecule has 1 saturated heterocycles. The molecule has 3 aromatic carbocycles. The Morgan fingerprint density at radius 3 is 2.35 bits per heavy atom. The second-order valence-corrected chi connectivity index (χ2v) is 8.93. The average molecular weight is 540 g/mol. The van der Waals surface area contributed by atoms with E-state index in [-0.39, 0.29) is 11.5 Å². The van der Waals surface area contributed by atoms with Gasteiger partial charge < -0.3 is 5.11 Å². The Morgan fingerprint density at radius 2 is 1.68 bits per heavy atom. The van der Waals surface area contributed by atoms with E-state index in [1.807, 2.05) is 60.7 Å². The van der Waals surface area contributed by atoms with Crippen molar-refractivity contribution in [1.82, 2.24) is 4.90 Å². The zero-order chi connectivity index (χ0) is 21.8. The Morgan fingerprint density at radius 1 is 1.00 bits per heavy atom. The van der Waals surface area contributed by atoms with Crippen LogP contribution in [0.2, 0.25) is 0 Å². The molecule has 1 heterocycles. The second-order valence-electron chi connectivity index (χ2n) is 6.76. The Bertz CT molecular complexity index is 1190. The highest BCUT2D eigenvalue weighted by Gasteiger charge is 2.33. The number of carbonyl (C=O) groups excluding carboxylic acids is 1. The fourth-order valence-electron chi connectivity index (χ4n) is 3.01. The van der Waals surface area contributed by atoms with Gasteiger partial charge in [-0.2, -0.15) is 0 Å². The predicted molar refractivity (Wildman–Crippen MR) is 132 cm³/mol. The van der Waals surface area contributed by atoms with Crippen LogP contribution in [0, 0.1) is 3.57 Å². The van der Waals surface area contributed by atoms with E-state index in [9.17, 15) is 9.59 Å². The molecule has 154 valence electrons. The van der Waals surface area contributed by atoms with E-state index >= 15 is 0 Å². The van der Waals surface area contributed by atoms with Crippen LogP contribution in [-0.2, 0) is 11.3 Å². The number of hydrogen-bond donors (Lipinski definition) is 1. The first-order valence-electron chi connectivity index (χ1n) is 9.43. The molecule has 0 saturated carbocycles. The summed E-state index contributed by atoms with van der Waals surface area (Å²) in [6.07, 6.45) is 1.89. The Labute approximate surface area is 197 Å². The third kappa shape index (κ3) is 5.05. The minimum atomic E-state index is -0.978. The molecule has 7 heteroatoms. The molecule has 31 heavy (non-hydrogen) atoms. The highest BCUT2D eigenvalue weighted by molar-refractivity contribution is 14.1. The van der Waals surface area contributed by atoms with Gasteiger partial charge in [0.25, 0.3) is 5.91 Å². The molecule has 3 aromatic rings. The molecule has 1 aliphatic rings. The normalized spacial score (nSPS) is 16.3. The minimum absolute atomic E-state index is 0.123. The first kappa shape index (κ1) is 21.3. The third-order valence-corrected chi connectivity index (χ3v) is 6.59. The maximum absolute atomic E-state index is 13.3. The topological polar surface area (TPSA) is 70.0 Å². The van der Waals surface area contributed by atoms with Crippen molar-refractivity contribution >= 4 is 63.2 Å². The molecule has 0 spiro atoms. The van der Waals surface area contributed by atoms with Crippen LogP contribution in [0.25, 0.3) is 6.08 Å². The number of hydrogen-bond acceptors (Lipinski definition) is 4. The van der Waals surface area contributed by atoms with Gasteiger partial charge in [0.05, 0.1) is 22.7 Å². The van der Waals surface area contributed by atoms with Crippen LogP contribution in [0.15, 0.2) is 88.8 Å². The van der Waals surface area contributed by atoms with Crippen molar-refractivity contribution in [2.75, 3.05) is 0 Å². The number of benzene rings is 3. The van der Waals surface area contributed by atoms with Crippen LogP contribution in [-0.4, -0.2) is 27.1 Å². The zero-order valence-corrected chi connectivity index (χ0v) is 19.2. The summed E-state index contributed by atoms with van der Waals surface area (Å²) in [6, 6.07) is 23.9. The molecular formula is C24H17IN2O3S. The molecule has 4 rings (SSSR count). The zero-order valence-electron chi connectivity index (χ0n) is 16.2. The summed E-state index contributed by atoms with van der Waals surface area (Å²) in [7, 11) is 0. The number of halogens is 1. The number of para-hydroxylation sites is 1. The highest BCUT2D eigenvalue weighted by atomic mass is 127. The Balaban J connectivity index is 1.69. The summed E-state index contributed by atoms with van der Waals surface area (Å²) >= 11 is 3.60. The molecule has 1 amide bonds. The highest BCUT2D eigenvalue weighted by Crippen LogP contribution is 2.35. The standard InChI is InChI=1S/C24H17IN2O3S/c25-20-9-5-4-6-18(20)14-21-22(28)27(15-16-10-12-17(13-11-16)23(29)30)24(31-21)26-19-7-2-1-3-8-19/h1-14H,15H2,(H,29,30)/b21-14-,26-24?. The van der Waals surface area contributed by atoms with Crippen LogP contribution in [0.1, 0.15) is 21.5 Å². The van der Waals surface area contributed by atoms with Gasteiger partial charge in [-0.05, 0) is 81.9 Å². The maximum Gasteiger partial charge on any atom is 0.335 e. The van der Waals surface area contributed by atoms with Crippen LogP contribution >= 0.6 is 34.4 Å². The van der Waals surface area contributed by atoms with E-state index in [2.05, 4.69) is 22.6 Å². The van der Waals surface area contributed by atoms with Gasteiger partial charge in [-0.1, -0.05) is 48.5 Å². The van der Waals surface area contributed by atoms with Crippen molar-refractivity contribution in [1.29, 1.82) is 0 Å². The van der Waals surface area contributed by atoms with Gasteiger partial charge in [0, 0.05) is 3.57 Å². The molecule has 0 unspecified atom stereocenters. The van der Waals surface area contributed by atoms with E-state index in [1.165, 1.54) is 11.8 Å². The van der Waals surface area contributed by atoms with Crippen LogP contribution in [0.3, 0.4) is 0 Å². The van der Waals surface area contributed by atoms with Crippen LogP contribution in [0.5, 0.6) is 0 Å². The van der Waals surface area contributed by atoms with E-state index in [1.54, 1.807) is 29.2 Å². The summed E-state index contributed by atoms with van der Waals surface area (Å²) < 4.78 is 1.06. The molecular weight excluding hydrogens is 523 g/mol. The summed E-state index contributed by atoms with van der Waals surface area (Å²) in [5, 5.41) is 9.70. The smallest absolute Gasteiger partial charge is 0.335 e.